The van der Waals surface area contributed by atoms with Gasteiger partial charge < -0.3 is 4.74 Å². The molecule has 0 aliphatic heterocycles. The molecule has 0 saturated heterocycles. The molecule has 0 spiro atoms. The molecular formula is C11H10BrCl2N3O. The van der Waals surface area contributed by atoms with Crippen LogP contribution < -0.4 is 4.74 Å². The Morgan fingerprint density at radius 1 is 1.39 bits per heavy atom. The molecule has 0 bridgehead atoms. The molecule has 0 fully saturated rings. The van der Waals surface area contributed by atoms with Crippen molar-refractivity contribution in [3.8, 4) is 5.75 Å². The normalized spacial score (nSPS) is 10.6. The van der Waals surface area contributed by atoms with Gasteiger partial charge in [-0.25, -0.2) is 4.68 Å². The van der Waals surface area contributed by atoms with Crippen LogP contribution in [0.1, 0.15) is 5.69 Å². The van der Waals surface area contributed by atoms with Crippen molar-refractivity contribution in [3.63, 3.8) is 0 Å². The van der Waals surface area contributed by atoms with Crippen LogP contribution >= 0.6 is 39.1 Å². The Labute approximate surface area is 123 Å². The second-order valence-electron chi connectivity index (χ2n) is 3.53. The van der Waals surface area contributed by atoms with Crippen LogP contribution in [0.2, 0.25) is 5.02 Å². The Kier molecular flexibility index (Phi) is 4.86. The first-order valence-electron chi connectivity index (χ1n) is 5.22. The Hall–Kier alpha value is -0.780. The number of ether oxygens (including phenoxy) is 1. The van der Waals surface area contributed by atoms with Crippen molar-refractivity contribution in [1.82, 2.24) is 15.0 Å². The number of nitrogens with zero attached hydrogens (tertiary/aromatic N) is 3. The van der Waals surface area contributed by atoms with Gasteiger partial charge in [-0.1, -0.05) is 16.8 Å². The summed E-state index contributed by atoms with van der Waals surface area (Å²) in [6.45, 7) is 1.10. The first-order chi connectivity index (χ1) is 8.69. The van der Waals surface area contributed by atoms with Crippen molar-refractivity contribution in [2.24, 2.45) is 0 Å². The molecule has 0 atom stereocenters. The number of hydrogen-bond acceptors (Lipinski definition) is 3. The van der Waals surface area contributed by atoms with E-state index in [1.165, 1.54) is 0 Å². The third-order valence-electron chi connectivity index (χ3n) is 2.19. The first kappa shape index (κ1) is 13.6. The van der Waals surface area contributed by atoms with Gasteiger partial charge >= 0.3 is 0 Å². The third kappa shape index (κ3) is 3.60. The molecule has 4 nitrogen and oxygen atoms in total. The molecule has 1 aromatic heterocycles. The number of benzene rings is 1. The fourth-order valence-electron chi connectivity index (χ4n) is 1.35. The van der Waals surface area contributed by atoms with Crippen LogP contribution in [0.4, 0.5) is 0 Å². The van der Waals surface area contributed by atoms with Gasteiger partial charge in [-0.3, -0.25) is 0 Å². The number of rotatable bonds is 5. The van der Waals surface area contributed by atoms with Gasteiger partial charge in [0.25, 0.3) is 0 Å². The molecule has 18 heavy (non-hydrogen) atoms. The maximum absolute atomic E-state index is 5.85. The summed E-state index contributed by atoms with van der Waals surface area (Å²) in [6, 6.07) is 5.39. The summed E-state index contributed by atoms with van der Waals surface area (Å²) in [4.78, 5) is 0. The van der Waals surface area contributed by atoms with E-state index in [0.29, 0.717) is 24.1 Å². The molecule has 0 unspecified atom stereocenters. The Balaban J connectivity index is 1.88. The molecule has 0 amide bonds. The van der Waals surface area contributed by atoms with Crippen LogP contribution in [0, 0.1) is 0 Å². The van der Waals surface area contributed by atoms with Crippen molar-refractivity contribution < 1.29 is 4.74 Å². The van der Waals surface area contributed by atoms with E-state index in [1.807, 2.05) is 6.07 Å². The highest BCUT2D eigenvalue weighted by molar-refractivity contribution is 9.10. The smallest absolute Gasteiger partial charge is 0.133 e. The minimum atomic E-state index is 0.365. The summed E-state index contributed by atoms with van der Waals surface area (Å²) >= 11 is 14.9. The van der Waals surface area contributed by atoms with E-state index in [0.717, 1.165) is 15.9 Å². The highest BCUT2D eigenvalue weighted by Gasteiger charge is 2.03. The highest BCUT2D eigenvalue weighted by Crippen LogP contribution is 2.27. The van der Waals surface area contributed by atoms with E-state index >= 15 is 0 Å². The zero-order chi connectivity index (χ0) is 13.0. The molecule has 2 rings (SSSR count). The lowest BCUT2D eigenvalue weighted by Crippen LogP contribution is -2.09. The molecule has 0 aliphatic carbocycles. The van der Waals surface area contributed by atoms with E-state index in [9.17, 15) is 0 Å². The molecule has 2 aromatic rings. The van der Waals surface area contributed by atoms with Gasteiger partial charge in [0, 0.05) is 11.2 Å². The monoisotopic (exact) mass is 349 g/mol. The van der Waals surface area contributed by atoms with Crippen molar-refractivity contribution in [3.05, 3.63) is 39.6 Å². The predicted octanol–water partition coefficient (Wildman–Crippen LogP) is 3.51. The summed E-state index contributed by atoms with van der Waals surface area (Å²) in [7, 11) is 0. The standard InChI is InChI=1S/C11H10BrCl2N3O/c12-10-5-8(14)1-2-11(10)18-4-3-17-7-9(6-13)15-16-17/h1-2,5,7H,3-4,6H2. The van der Waals surface area contributed by atoms with Gasteiger partial charge in [-0.15, -0.1) is 16.7 Å². The zero-order valence-corrected chi connectivity index (χ0v) is 12.4. The third-order valence-corrected chi connectivity index (χ3v) is 3.32. The second-order valence-corrected chi connectivity index (χ2v) is 5.09. The Morgan fingerprint density at radius 3 is 2.89 bits per heavy atom. The molecule has 7 heteroatoms. The molecule has 0 aliphatic rings. The lowest BCUT2D eigenvalue weighted by atomic mass is 10.3. The summed E-state index contributed by atoms with van der Waals surface area (Å²) < 4.78 is 8.14. The second kappa shape index (κ2) is 6.41. The number of halogens is 3. The fourth-order valence-corrected chi connectivity index (χ4v) is 2.27. The van der Waals surface area contributed by atoms with Crippen molar-refractivity contribution in [2.75, 3.05) is 6.61 Å². The quantitative estimate of drug-likeness (QED) is 0.774. The highest BCUT2D eigenvalue weighted by atomic mass is 79.9. The summed E-state index contributed by atoms with van der Waals surface area (Å²) in [6.07, 6.45) is 1.80. The minimum absolute atomic E-state index is 0.365. The van der Waals surface area contributed by atoms with Crippen LogP contribution in [0.25, 0.3) is 0 Å². The molecule has 1 aromatic carbocycles. The summed E-state index contributed by atoms with van der Waals surface area (Å²) in [5.41, 5.74) is 0.754. The Morgan fingerprint density at radius 2 is 2.22 bits per heavy atom. The van der Waals surface area contributed by atoms with Gasteiger partial charge in [0.2, 0.25) is 0 Å². The van der Waals surface area contributed by atoms with E-state index in [2.05, 4.69) is 26.2 Å². The van der Waals surface area contributed by atoms with Crippen molar-refractivity contribution in [1.29, 1.82) is 0 Å². The lowest BCUT2D eigenvalue weighted by Gasteiger charge is -2.08. The van der Waals surface area contributed by atoms with E-state index < -0.39 is 0 Å². The molecule has 96 valence electrons. The van der Waals surface area contributed by atoms with Crippen molar-refractivity contribution in [2.45, 2.75) is 12.4 Å². The number of alkyl halides is 1. The number of hydrogen-bond donors (Lipinski definition) is 0. The van der Waals surface area contributed by atoms with Crippen LogP contribution in [-0.4, -0.2) is 21.6 Å². The van der Waals surface area contributed by atoms with Crippen LogP contribution in [0.15, 0.2) is 28.9 Å². The van der Waals surface area contributed by atoms with Gasteiger partial charge in [0.05, 0.1) is 22.6 Å². The molecule has 0 radical (unpaired) electrons. The average molecular weight is 351 g/mol. The van der Waals surface area contributed by atoms with Gasteiger partial charge in [-0.2, -0.15) is 0 Å². The topological polar surface area (TPSA) is 39.9 Å². The molecular weight excluding hydrogens is 341 g/mol. The van der Waals surface area contributed by atoms with Gasteiger partial charge in [-0.05, 0) is 34.1 Å². The average Bonchev–Trinajstić information content (AvgIpc) is 2.80. The van der Waals surface area contributed by atoms with Crippen molar-refractivity contribution >= 4 is 39.1 Å². The molecule has 0 N–H and O–H groups in total. The maximum atomic E-state index is 5.85. The lowest BCUT2D eigenvalue weighted by molar-refractivity contribution is 0.288. The van der Waals surface area contributed by atoms with E-state index in [4.69, 9.17) is 27.9 Å². The maximum Gasteiger partial charge on any atom is 0.133 e. The Bertz CT molecular complexity index is 533. The largest absolute Gasteiger partial charge is 0.490 e. The van der Waals surface area contributed by atoms with Crippen LogP contribution in [-0.2, 0) is 12.4 Å². The van der Waals surface area contributed by atoms with Crippen LogP contribution in [0.5, 0.6) is 5.75 Å². The summed E-state index contributed by atoms with van der Waals surface area (Å²) in [5.74, 6) is 1.11. The van der Waals surface area contributed by atoms with Gasteiger partial charge in [0.15, 0.2) is 0 Å². The minimum Gasteiger partial charge on any atom is -0.490 e. The van der Waals surface area contributed by atoms with E-state index in [-0.39, 0.29) is 0 Å². The SMILES string of the molecule is ClCc1cn(CCOc2ccc(Cl)cc2Br)nn1. The first-order valence-corrected chi connectivity index (χ1v) is 6.92. The molecule has 0 saturated carbocycles. The van der Waals surface area contributed by atoms with Crippen LogP contribution in [0.3, 0.4) is 0 Å². The predicted molar refractivity (Wildman–Crippen MR) is 74.2 cm³/mol. The fraction of sp³-hybridized carbons (Fsp3) is 0.273. The molecule has 1 heterocycles. The zero-order valence-electron chi connectivity index (χ0n) is 9.31. The van der Waals surface area contributed by atoms with Gasteiger partial charge in [0.1, 0.15) is 12.4 Å². The van der Waals surface area contributed by atoms with E-state index in [1.54, 1.807) is 23.0 Å². The summed E-state index contributed by atoms with van der Waals surface area (Å²) in [5, 5.41) is 8.48. The number of aromatic nitrogens is 3.